The zero-order valence-electron chi connectivity index (χ0n) is 10.4. The van der Waals surface area contributed by atoms with Crippen LogP contribution < -0.4 is 14.8 Å². The standard InChI is InChI=1S/C13H17NO3/c1-13(8-12(15)14-13)7-9-4-5-10(16-2)11(6-9)17-3/h4-6H,7-8H2,1-3H3,(H,14,15). The van der Waals surface area contributed by atoms with Crippen molar-refractivity contribution in [2.45, 2.75) is 25.3 Å². The second-order valence-electron chi connectivity index (χ2n) is 4.65. The second kappa shape index (κ2) is 4.28. The zero-order valence-corrected chi connectivity index (χ0v) is 10.4. The van der Waals surface area contributed by atoms with Crippen molar-refractivity contribution in [3.8, 4) is 11.5 Å². The van der Waals surface area contributed by atoms with Gasteiger partial charge < -0.3 is 14.8 Å². The summed E-state index contributed by atoms with van der Waals surface area (Å²) in [7, 11) is 3.24. The number of carbonyl (C=O) groups is 1. The lowest BCUT2D eigenvalue weighted by molar-refractivity contribution is -0.131. The number of carbonyl (C=O) groups excluding carboxylic acids is 1. The van der Waals surface area contributed by atoms with Gasteiger partial charge >= 0.3 is 0 Å². The van der Waals surface area contributed by atoms with Gasteiger partial charge in [0, 0.05) is 12.0 Å². The van der Waals surface area contributed by atoms with Crippen molar-refractivity contribution in [2.24, 2.45) is 0 Å². The summed E-state index contributed by atoms with van der Waals surface area (Å²) < 4.78 is 10.4. The van der Waals surface area contributed by atoms with Crippen molar-refractivity contribution in [3.63, 3.8) is 0 Å². The largest absolute Gasteiger partial charge is 0.493 e. The van der Waals surface area contributed by atoms with Crippen LogP contribution in [0.2, 0.25) is 0 Å². The van der Waals surface area contributed by atoms with E-state index in [2.05, 4.69) is 5.32 Å². The fraction of sp³-hybridized carbons (Fsp3) is 0.462. The van der Waals surface area contributed by atoms with Crippen LogP contribution in [0.4, 0.5) is 0 Å². The molecule has 0 bridgehead atoms. The van der Waals surface area contributed by atoms with E-state index in [0.29, 0.717) is 6.42 Å². The third-order valence-corrected chi connectivity index (χ3v) is 3.03. The normalized spacial score (nSPS) is 22.6. The number of methoxy groups -OCH3 is 2. The lowest BCUT2D eigenvalue weighted by Crippen LogP contribution is -2.60. The Morgan fingerprint density at radius 2 is 1.94 bits per heavy atom. The van der Waals surface area contributed by atoms with Gasteiger partial charge in [-0.1, -0.05) is 6.07 Å². The number of benzene rings is 1. The number of hydrogen-bond acceptors (Lipinski definition) is 3. The van der Waals surface area contributed by atoms with Crippen LogP contribution in [-0.2, 0) is 11.2 Å². The zero-order chi connectivity index (χ0) is 12.5. The topological polar surface area (TPSA) is 47.6 Å². The van der Waals surface area contributed by atoms with Crippen LogP contribution in [0.25, 0.3) is 0 Å². The van der Waals surface area contributed by atoms with Gasteiger partial charge in [-0.05, 0) is 31.0 Å². The molecule has 4 nitrogen and oxygen atoms in total. The Kier molecular flexibility index (Phi) is 2.96. The molecule has 1 aliphatic heterocycles. The van der Waals surface area contributed by atoms with Crippen molar-refractivity contribution in [2.75, 3.05) is 14.2 Å². The number of amides is 1. The Hall–Kier alpha value is -1.71. The van der Waals surface area contributed by atoms with Crippen LogP contribution in [-0.4, -0.2) is 25.7 Å². The van der Waals surface area contributed by atoms with Gasteiger partial charge in [0.25, 0.3) is 0 Å². The van der Waals surface area contributed by atoms with Gasteiger partial charge in [0.05, 0.1) is 14.2 Å². The first-order chi connectivity index (χ1) is 8.06. The van der Waals surface area contributed by atoms with Gasteiger partial charge in [-0.25, -0.2) is 0 Å². The number of ether oxygens (including phenoxy) is 2. The summed E-state index contributed by atoms with van der Waals surface area (Å²) in [6, 6.07) is 5.84. The second-order valence-corrected chi connectivity index (χ2v) is 4.65. The highest BCUT2D eigenvalue weighted by molar-refractivity contribution is 5.84. The smallest absolute Gasteiger partial charge is 0.222 e. The molecule has 1 N–H and O–H groups in total. The van der Waals surface area contributed by atoms with Crippen molar-refractivity contribution >= 4 is 5.91 Å². The van der Waals surface area contributed by atoms with E-state index >= 15 is 0 Å². The SMILES string of the molecule is COc1ccc(CC2(C)CC(=O)N2)cc1OC. The molecule has 1 aromatic carbocycles. The van der Waals surface area contributed by atoms with Gasteiger partial charge in [0.2, 0.25) is 5.91 Å². The molecule has 1 saturated heterocycles. The van der Waals surface area contributed by atoms with E-state index in [1.165, 1.54) is 0 Å². The number of hydrogen-bond donors (Lipinski definition) is 1. The van der Waals surface area contributed by atoms with Crippen LogP contribution in [0.3, 0.4) is 0 Å². The van der Waals surface area contributed by atoms with Crippen LogP contribution in [0, 0.1) is 0 Å². The first-order valence-corrected chi connectivity index (χ1v) is 5.58. The number of β-lactam (4-membered cyclic amide) rings is 1. The average molecular weight is 235 g/mol. The molecule has 4 heteroatoms. The minimum atomic E-state index is -0.114. The highest BCUT2D eigenvalue weighted by Crippen LogP contribution is 2.31. The maximum Gasteiger partial charge on any atom is 0.222 e. The molecular formula is C13H17NO3. The number of rotatable bonds is 4. The molecule has 17 heavy (non-hydrogen) atoms. The fourth-order valence-electron chi connectivity index (χ4n) is 2.22. The molecule has 1 atom stereocenters. The van der Waals surface area contributed by atoms with E-state index in [1.54, 1.807) is 14.2 Å². The lowest BCUT2D eigenvalue weighted by Gasteiger charge is -2.39. The van der Waals surface area contributed by atoms with E-state index in [1.807, 2.05) is 25.1 Å². The molecule has 1 aliphatic rings. The summed E-state index contributed by atoms with van der Waals surface area (Å²) in [5, 5.41) is 2.92. The van der Waals surface area contributed by atoms with Crippen molar-refractivity contribution < 1.29 is 14.3 Å². The molecular weight excluding hydrogens is 218 g/mol. The minimum Gasteiger partial charge on any atom is -0.493 e. The predicted molar refractivity (Wildman–Crippen MR) is 64.4 cm³/mol. The molecule has 0 spiro atoms. The van der Waals surface area contributed by atoms with Gasteiger partial charge in [0.1, 0.15) is 0 Å². The average Bonchev–Trinajstić information content (AvgIpc) is 2.27. The van der Waals surface area contributed by atoms with Crippen LogP contribution in [0.1, 0.15) is 18.9 Å². The molecule has 0 radical (unpaired) electrons. The van der Waals surface area contributed by atoms with E-state index < -0.39 is 0 Å². The quantitative estimate of drug-likeness (QED) is 0.805. The van der Waals surface area contributed by atoms with Crippen LogP contribution >= 0.6 is 0 Å². The van der Waals surface area contributed by atoms with Gasteiger partial charge in [-0.2, -0.15) is 0 Å². The molecule has 1 aromatic rings. The summed E-state index contributed by atoms with van der Waals surface area (Å²) in [6.45, 7) is 2.05. The third kappa shape index (κ3) is 2.35. The van der Waals surface area contributed by atoms with E-state index in [-0.39, 0.29) is 11.4 Å². The van der Waals surface area contributed by atoms with E-state index in [0.717, 1.165) is 23.5 Å². The van der Waals surface area contributed by atoms with Gasteiger partial charge in [-0.15, -0.1) is 0 Å². The molecule has 0 saturated carbocycles. The molecule has 1 fully saturated rings. The highest BCUT2D eigenvalue weighted by atomic mass is 16.5. The summed E-state index contributed by atoms with van der Waals surface area (Å²) in [5.41, 5.74) is 1.02. The monoisotopic (exact) mass is 235 g/mol. The summed E-state index contributed by atoms with van der Waals surface area (Å²) in [4.78, 5) is 11.0. The maximum atomic E-state index is 11.0. The van der Waals surface area contributed by atoms with Crippen molar-refractivity contribution in [3.05, 3.63) is 23.8 Å². The van der Waals surface area contributed by atoms with E-state index in [4.69, 9.17) is 9.47 Å². The Bertz CT molecular complexity index is 434. The maximum absolute atomic E-state index is 11.0. The number of nitrogens with one attached hydrogen (secondary N) is 1. The molecule has 1 amide bonds. The highest BCUT2D eigenvalue weighted by Gasteiger charge is 2.38. The molecule has 2 rings (SSSR count). The molecule has 0 aromatic heterocycles. The first-order valence-electron chi connectivity index (χ1n) is 5.58. The predicted octanol–water partition coefficient (Wildman–Crippen LogP) is 1.52. The Balaban J connectivity index is 2.14. The Labute approximate surface area is 101 Å². The molecule has 1 heterocycles. The fourth-order valence-corrected chi connectivity index (χ4v) is 2.22. The first kappa shape index (κ1) is 11.8. The Morgan fingerprint density at radius 3 is 2.47 bits per heavy atom. The molecule has 1 unspecified atom stereocenters. The molecule has 92 valence electrons. The summed E-state index contributed by atoms with van der Waals surface area (Å²) >= 11 is 0. The summed E-state index contributed by atoms with van der Waals surface area (Å²) in [5.74, 6) is 1.56. The van der Waals surface area contributed by atoms with Crippen LogP contribution in [0.15, 0.2) is 18.2 Å². The van der Waals surface area contributed by atoms with Gasteiger partial charge in [0.15, 0.2) is 11.5 Å². The summed E-state index contributed by atoms with van der Waals surface area (Å²) in [6.07, 6.45) is 1.39. The van der Waals surface area contributed by atoms with Crippen LogP contribution in [0.5, 0.6) is 11.5 Å². The minimum absolute atomic E-state index is 0.114. The van der Waals surface area contributed by atoms with E-state index in [9.17, 15) is 4.79 Å². The van der Waals surface area contributed by atoms with Crippen molar-refractivity contribution in [1.82, 2.24) is 5.32 Å². The molecule has 0 aliphatic carbocycles. The Morgan fingerprint density at radius 1 is 1.29 bits per heavy atom. The van der Waals surface area contributed by atoms with Gasteiger partial charge in [-0.3, -0.25) is 4.79 Å². The third-order valence-electron chi connectivity index (χ3n) is 3.03. The van der Waals surface area contributed by atoms with Crippen molar-refractivity contribution in [1.29, 1.82) is 0 Å². The lowest BCUT2D eigenvalue weighted by atomic mass is 9.83.